The molecule has 0 aromatic heterocycles. The summed E-state index contributed by atoms with van der Waals surface area (Å²) in [4.78, 5) is 36.0. The third-order valence-electron chi connectivity index (χ3n) is 4.22. The van der Waals surface area contributed by atoms with E-state index in [4.69, 9.17) is 4.74 Å². The molecule has 0 aliphatic heterocycles. The first kappa shape index (κ1) is 18.6. The van der Waals surface area contributed by atoms with Crippen molar-refractivity contribution in [2.75, 3.05) is 0 Å². The van der Waals surface area contributed by atoms with E-state index in [0.29, 0.717) is 17.7 Å². The summed E-state index contributed by atoms with van der Waals surface area (Å²) in [6, 6.07) is 15.9. The number of hydrogen-bond donors (Lipinski definition) is 2. The second-order valence-corrected chi connectivity index (χ2v) is 6.59. The van der Waals surface area contributed by atoms with Gasteiger partial charge in [-0.2, -0.15) is 0 Å². The molecule has 2 amide bonds. The smallest absolute Gasteiger partial charge is 0.339 e. The van der Waals surface area contributed by atoms with E-state index >= 15 is 0 Å². The van der Waals surface area contributed by atoms with Gasteiger partial charge in [-0.3, -0.25) is 9.59 Å². The summed E-state index contributed by atoms with van der Waals surface area (Å²) in [5.41, 5.74) is 1.85. The van der Waals surface area contributed by atoms with Crippen LogP contribution in [0.15, 0.2) is 54.6 Å². The van der Waals surface area contributed by atoms with Crippen LogP contribution < -0.4 is 10.6 Å². The van der Waals surface area contributed by atoms with Gasteiger partial charge in [-0.15, -0.1) is 0 Å². The van der Waals surface area contributed by atoms with Crippen LogP contribution in [0.3, 0.4) is 0 Å². The highest BCUT2D eigenvalue weighted by molar-refractivity contribution is 5.92. The number of ether oxygens (including phenoxy) is 1. The predicted molar refractivity (Wildman–Crippen MR) is 99.7 cm³/mol. The molecule has 2 N–H and O–H groups in total. The Hall–Kier alpha value is -3.15. The van der Waals surface area contributed by atoms with E-state index in [1.54, 1.807) is 48.5 Å². The Morgan fingerprint density at radius 3 is 2.30 bits per heavy atom. The van der Waals surface area contributed by atoms with Crippen molar-refractivity contribution in [3.05, 3.63) is 71.3 Å². The Morgan fingerprint density at radius 2 is 1.70 bits per heavy atom. The van der Waals surface area contributed by atoms with Crippen molar-refractivity contribution < 1.29 is 19.1 Å². The van der Waals surface area contributed by atoms with Crippen LogP contribution >= 0.6 is 0 Å². The van der Waals surface area contributed by atoms with Gasteiger partial charge in [-0.25, -0.2) is 4.79 Å². The fourth-order valence-electron chi connectivity index (χ4n) is 2.57. The van der Waals surface area contributed by atoms with Crippen molar-refractivity contribution in [2.45, 2.75) is 38.5 Å². The second-order valence-electron chi connectivity index (χ2n) is 6.59. The maximum absolute atomic E-state index is 12.5. The fraction of sp³-hybridized carbons (Fsp3) is 0.286. The van der Waals surface area contributed by atoms with Gasteiger partial charge in [0.1, 0.15) is 0 Å². The number of benzene rings is 2. The van der Waals surface area contributed by atoms with Gasteiger partial charge in [0.05, 0.1) is 5.56 Å². The number of nitrogens with one attached hydrogen (secondary N) is 2. The molecule has 0 heterocycles. The zero-order valence-corrected chi connectivity index (χ0v) is 15.1. The van der Waals surface area contributed by atoms with Crippen molar-refractivity contribution in [3.63, 3.8) is 0 Å². The van der Waals surface area contributed by atoms with Crippen molar-refractivity contribution in [3.8, 4) is 0 Å². The van der Waals surface area contributed by atoms with Gasteiger partial charge >= 0.3 is 5.97 Å². The average molecular weight is 366 g/mol. The molecule has 1 fully saturated rings. The quantitative estimate of drug-likeness (QED) is 0.738. The highest BCUT2D eigenvalue weighted by atomic mass is 16.5. The Morgan fingerprint density at radius 1 is 1.04 bits per heavy atom. The van der Waals surface area contributed by atoms with Crippen LogP contribution in [0.4, 0.5) is 0 Å². The van der Waals surface area contributed by atoms with Gasteiger partial charge in [0.25, 0.3) is 5.91 Å². The fourth-order valence-corrected chi connectivity index (χ4v) is 2.57. The van der Waals surface area contributed by atoms with Gasteiger partial charge < -0.3 is 15.4 Å². The lowest BCUT2D eigenvalue weighted by Crippen LogP contribution is -2.33. The summed E-state index contributed by atoms with van der Waals surface area (Å²) in [6.45, 7) is 1.84. The Kier molecular flexibility index (Phi) is 5.86. The van der Waals surface area contributed by atoms with Gasteiger partial charge in [0.15, 0.2) is 0 Å². The molecule has 3 rings (SSSR count). The van der Waals surface area contributed by atoms with E-state index in [2.05, 4.69) is 10.6 Å². The summed E-state index contributed by atoms with van der Waals surface area (Å²) in [5.74, 6) is -0.994. The lowest BCUT2D eigenvalue weighted by atomic mass is 10.1. The summed E-state index contributed by atoms with van der Waals surface area (Å²) >= 11 is 0. The first-order valence-corrected chi connectivity index (χ1v) is 8.92. The first-order chi connectivity index (χ1) is 13.0. The lowest BCUT2D eigenvalue weighted by molar-refractivity contribution is -0.130. The molecular weight excluding hydrogens is 344 g/mol. The molecule has 6 nitrogen and oxygen atoms in total. The molecule has 0 bridgehead atoms. The van der Waals surface area contributed by atoms with Gasteiger partial charge in [0, 0.05) is 25.1 Å². The third-order valence-corrected chi connectivity index (χ3v) is 4.22. The van der Waals surface area contributed by atoms with Gasteiger partial charge in [-0.1, -0.05) is 42.5 Å². The van der Waals surface area contributed by atoms with E-state index in [0.717, 1.165) is 18.4 Å². The predicted octanol–water partition coefficient (Wildman–Crippen LogP) is 2.50. The van der Waals surface area contributed by atoms with E-state index in [1.807, 2.05) is 6.07 Å². The van der Waals surface area contributed by atoms with Crippen LogP contribution in [0.25, 0.3) is 0 Å². The van der Waals surface area contributed by atoms with Crippen LogP contribution in [0.2, 0.25) is 0 Å². The minimum atomic E-state index is -0.988. The molecule has 2 aromatic carbocycles. The minimum absolute atomic E-state index is 0.120. The Labute approximate surface area is 157 Å². The largest absolute Gasteiger partial charge is 0.444 e. The van der Waals surface area contributed by atoms with Crippen LogP contribution in [0.1, 0.15) is 47.4 Å². The standard InChI is InChI=1S/C21H22N2O4/c1-14(24)22-13-15-7-9-17(10-8-15)21(26)27-19(16-5-3-2-4-6-16)20(25)23-18-11-12-18/h2-10,18-19H,11-13H2,1H3,(H,22,24)(H,23,25)/t19-/m1/s1. The maximum atomic E-state index is 12.5. The topological polar surface area (TPSA) is 84.5 Å². The molecule has 1 atom stereocenters. The van der Waals surface area contributed by atoms with E-state index < -0.39 is 12.1 Å². The molecule has 0 radical (unpaired) electrons. The zero-order chi connectivity index (χ0) is 19.2. The lowest BCUT2D eigenvalue weighted by Gasteiger charge is -2.18. The number of hydrogen-bond acceptors (Lipinski definition) is 4. The van der Waals surface area contributed by atoms with E-state index in [9.17, 15) is 14.4 Å². The molecular formula is C21H22N2O4. The SMILES string of the molecule is CC(=O)NCc1ccc(C(=O)O[C@@H](C(=O)NC2CC2)c2ccccc2)cc1. The van der Waals surface area contributed by atoms with Crippen LogP contribution in [-0.2, 0) is 20.9 Å². The Bertz CT molecular complexity index is 814. The van der Waals surface area contributed by atoms with Crippen molar-refractivity contribution >= 4 is 17.8 Å². The molecule has 0 unspecified atom stereocenters. The first-order valence-electron chi connectivity index (χ1n) is 8.92. The van der Waals surface area contributed by atoms with Crippen LogP contribution in [0.5, 0.6) is 0 Å². The third kappa shape index (κ3) is 5.41. The van der Waals surface area contributed by atoms with Crippen molar-refractivity contribution in [1.82, 2.24) is 10.6 Å². The number of carbonyl (C=O) groups is 3. The van der Waals surface area contributed by atoms with Gasteiger partial charge in [0.2, 0.25) is 12.0 Å². The normalized spacial score (nSPS) is 14.1. The number of rotatable bonds is 7. The summed E-state index contributed by atoms with van der Waals surface area (Å²) in [5, 5.41) is 5.58. The molecule has 27 heavy (non-hydrogen) atoms. The highest BCUT2D eigenvalue weighted by Gasteiger charge is 2.31. The minimum Gasteiger partial charge on any atom is -0.444 e. The monoisotopic (exact) mass is 366 g/mol. The van der Waals surface area contributed by atoms with E-state index in [1.165, 1.54) is 6.92 Å². The molecule has 0 saturated heterocycles. The molecule has 2 aromatic rings. The second kappa shape index (κ2) is 8.49. The van der Waals surface area contributed by atoms with Crippen molar-refractivity contribution in [2.24, 2.45) is 0 Å². The van der Waals surface area contributed by atoms with Crippen molar-refractivity contribution in [1.29, 1.82) is 0 Å². The van der Waals surface area contributed by atoms with Gasteiger partial charge in [-0.05, 0) is 30.5 Å². The summed E-state index contributed by atoms with van der Waals surface area (Å²) in [6.07, 6.45) is 0.923. The number of carbonyl (C=O) groups excluding carboxylic acids is 3. The highest BCUT2D eigenvalue weighted by Crippen LogP contribution is 2.24. The average Bonchev–Trinajstić information content (AvgIpc) is 3.49. The van der Waals surface area contributed by atoms with E-state index in [-0.39, 0.29) is 17.9 Å². The van der Waals surface area contributed by atoms with Crippen LogP contribution in [0, 0.1) is 0 Å². The number of esters is 1. The molecule has 140 valence electrons. The molecule has 1 aliphatic carbocycles. The molecule has 1 saturated carbocycles. The summed E-state index contributed by atoms with van der Waals surface area (Å²) < 4.78 is 5.53. The van der Waals surface area contributed by atoms with Crippen LogP contribution in [-0.4, -0.2) is 23.8 Å². The number of amides is 2. The molecule has 6 heteroatoms. The molecule has 0 spiro atoms. The maximum Gasteiger partial charge on any atom is 0.339 e. The summed E-state index contributed by atoms with van der Waals surface area (Å²) in [7, 11) is 0. The Balaban J connectivity index is 1.69. The zero-order valence-electron chi connectivity index (χ0n) is 15.1. The molecule has 1 aliphatic rings.